The zero-order valence-electron chi connectivity index (χ0n) is 19.5. The van der Waals surface area contributed by atoms with Gasteiger partial charge in [0.15, 0.2) is 0 Å². The molecule has 2 amide bonds. The second kappa shape index (κ2) is 9.32. The number of rotatable bonds is 4. The van der Waals surface area contributed by atoms with Crippen LogP contribution in [0.15, 0.2) is 60.0 Å². The quantitative estimate of drug-likeness (QED) is 0.451. The van der Waals surface area contributed by atoms with Gasteiger partial charge in [-0.3, -0.25) is 9.59 Å². The molecule has 0 radical (unpaired) electrons. The predicted octanol–water partition coefficient (Wildman–Crippen LogP) is 6.12. The maximum atomic E-state index is 13.8. The molecule has 1 unspecified atom stereocenters. The fourth-order valence-electron chi connectivity index (χ4n) is 4.31. The van der Waals surface area contributed by atoms with E-state index in [-0.39, 0.29) is 24.4 Å². The third-order valence-corrected chi connectivity index (χ3v) is 7.46. The van der Waals surface area contributed by atoms with Crippen LogP contribution in [0.1, 0.15) is 58.7 Å². The number of aryl methyl sites for hydroxylation is 1. The van der Waals surface area contributed by atoms with Gasteiger partial charge in [-0.25, -0.2) is 0 Å². The van der Waals surface area contributed by atoms with Crippen LogP contribution in [0.2, 0.25) is 5.02 Å². The van der Waals surface area contributed by atoms with Gasteiger partial charge in [0.1, 0.15) is 6.54 Å². The Morgan fingerprint density at radius 3 is 2.45 bits per heavy atom. The average Bonchev–Trinajstić information content (AvgIpc) is 3.25. The first-order valence-electron chi connectivity index (χ1n) is 11.2. The van der Waals surface area contributed by atoms with Crippen molar-refractivity contribution in [3.63, 3.8) is 0 Å². The number of halogens is 1. The van der Waals surface area contributed by atoms with E-state index in [0.717, 1.165) is 12.0 Å². The lowest BCUT2D eigenvalue weighted by Gasteiger charge is -2.40. The molecule has 172 valence electrons. The summed E-state index contributed by atoms with van der Waals surface area (Å²) in [6, 6.07) is 17.3. The van der Waals surface area contributed by atoms with Gasteiger partial charge in [0.2, 0.25) is 5.91 Å². The first-order valence-corrected chi connectivity index (χ1v) is 12.4. The molecule has 1 aromatic heterocycles. The van der Waals surface area contributed by atoms with E-state index in [0.29, 0.717) is 17.1 Å². The van der Waals surface area contributed by atoms with E-state index in [4.69, 9.17) is 11.6 Å². The van der Waals surface area contributed by atoms with Gasteiger partial charge in [-0.15, -0.1) is 11.3 Å². The SMILES string of the molecule is Cc1ccc(C2c3ccsc3CCN2C(=O)CN(C(=O)c2ccccc2Cl)C(C)(C)C)cc1. The molecule has 0 N–H and O–H groups in total. The second-order valence-corrected chi connectivity index (χ2v) is 10.9. The zero-order valence-corrected chi connectivity index (χ0v) is 21.0. The Balaban J connectivity index is 1.66. The van der Waals surface area contributed by atoms with Crippen molar-refractivity contribution in [2.45, 2.75) is 45.7 Å². The Bertz CT molecular complexity index is 1160. The van der Waals surface area contributed by atoms with Gasteiger partial charge in [0.25, 0.3) is 5.91 Å². The third kappa shape index (κ3) is 4.85. The molecule has 3 aromatic rings. The minimum absolute atomic E-state index is 0.00458. The number of nitrogens with zero attached hydrogens (tertiary/aromatic N) is 2. The number of amides is 2. The van der Waals surface area contributed by atoms with Gasteiger partial charge in [-0.05, 0) is 68.8 Å². The first-order chi connectivity index (χ1) is 15.7. The smallest absolute Gasteiger partial charge is 0.256 e. The van der Waals surface area contributed by atoms with Crippen LogP contribution >= 0.6 is 22.9 Å². The lowest BCUT2D eigenvalue weighted by atomic mass is 9.92. The highest BCUT2D eigenvalue weighted by molar-refractivity contribution is 7.10. The number of carbonyl (C=O) groups is 2. The number of benzene rings is 2. The van der Waals surface area contributed by atoms with Gasteiger partial charge < -0.3 is 9.80 Å². The van der Waals surface area contributed by atoms with E-state index in [1.54, 1.807) is 40.5 Å². The van der Waals surface area contributed by atoms with Crippen LogP contribution in [-0.2, 0) is 11.2 Å². The third-order valence-electron chi connectivity index (χ3n) is 6.13. The van der Waals surface area contributed by atoms with Crippen molar-refractivity contribution >= 4 is 34.8 Å². The van der Waals surface area contributed by atoms with Crippen LogP contribution in [0.4, 0.5) is 0 Å². The van der Waals surface area contributed by atoms with Gasteiger partial charge in [0, 0.05) is 17.0 Å². The summed E-state index contributed by atoms with van der Waals surface area (Å²) in [5.74, 6) is -0.297. The van der Waals surface area contributed by atoms with Gasteiger partial charge in [-0.1, -0.05) is 53.6 Å². The lowest BCUT2D eigenvalue weighted by Crippen LogP contribution is -2.52. The van der Waals surface area contributed by atoms with Crippen LogP contribution in [0.25, 0.3) is 0 Å². The van der Waals surface area contributed by atoms with Crippen molar-refractivity contribution in [1.29, 1.82) is 0 Å². The van der Waals surface area contributed by atoms with Crippen molar-refractivity contribution in [2.24, 2.45) is 0 Å². The van der Waals surface area contributed by atoms with Crippen molar-refractivity contribution in [2.75, 3.05) is 13.1 Å². The van der Waals surface area contributed by atoms with Gasteiger partial charge >= 0.3 is 0 Å². The molecule has 0 fully saturated rings. The van der Waals surface area contributed by atoms with Crippen LogP contribution < -0.4 is 0 Å². The number of thiophene rings is 1. The molecule has 1 aliphatic rings. The highest BCUT2D eigenvalue weighted by Crippen LogP contribution is 2.38. The van der Waals surface area contributed by atoms with E-state index >= 15 is 0 Å². The monoisotopic (exact) mass is 480 g/mol. The predicted molar refractivity (Wildman–Crippen MR) is 135 cm³/mol. The first kappa shape index (κ1) is 23.5. The highest BCUT2D eigenvalue weighted by atomic mass is 35.5. The van der Waals surface area contributed by atoms with E-state index < -0.39 is 5.54 Å². The molecule has 0 bridgehead atoms. The van der Waals surface area contributed by atoms with Crippen LogP contribution in [0.5, 0.6) is 0 Å². The molecule has 6 heteroatoms. The van der Waals surface area contributed by atoms with Gasteiger partial charge in [-0.2, -0.15) is 0 Å². The maximum absolute atomic E-state index is 13.8. The Labute approximate surface area is 204 Å². The molecule has 1 atom stereocenters. The van der Waals surface area contributed by atoms with Crippen LogP contribution in [0, 0.1) is 6.92 Å². The number of hydrogen-bond acceptors (Lipinski definition) is 3. The maximum Gasteiger partial charge on any atom is 0.256 e. The summed E-state index contributed by atoms with van der Waals surface area (Å²) in [6.45, 7) is 8.52. The molecule has 4 rings (SSSR count). The second-order valence-electron chi connectivity index (χ2n) is 9.49. The molecule has 1 aliphatic heterocycles. The van der Waals surface area contributed by atoms with Crippen LogP contribution in [0.3, 0.4) is 0 Å². The van der Waals surface area contributed by atoms with E-state index in [1.807, 2.05) is 25.7 Å². The Morgan fingerprint density at radius 2 is 1.79 bits per heavy atom. The molecule has 2 heterocycles. The summed E-state index contributed by atoms with van der Waals surface area (Å²) >= 11 is 8.06. The largest absolute Gasteiger partial charge is 0.330 e. The van der Waals surface area contributed by atoms with E-state index in [9.17, 15) is 9.59 Å². The van der Waals surface area contributed by atoms with Gasteiger partial charge in [0.05, 0.1) is 16.6 Å². The highest BCUT2D eigenvalue weighted by Gasteiger charge is 2.36. The zero-order chi connectivity index (χ0) is 23.8. The molecule has 0 aliphatic carbocycles. The van der Waals surface area contributed by atoms with Crippen LogP contribution in [-0.4, -0.2) is 40.2 Å². The molecule has 0 saturated heterocycles. The standard InChI is InChI=1S/C27H29ClN2O2S/c1-18-9-11-19(12-10-18)25-21-14-16-33-23(21)13-15-29(25)24(31)17-30(27(2,3)4)26(32)20-7-5-6-8-22(20)28/h5-12,14,16,25H,13,15,17H2,1-4H3. The molecule has 2 aromatic carbocycles. The average molecular weight is 481 g/mol. The summed E-state index contributed by atoms with van der Waals surface area (Å²) in [5, 5.41) is 2.49. The molecule has 0 saturated carbocycles. The fourth-order valence-corrected chi connectivity index (χ4v) is 5.43. The summed E-state index contributed by atoms with van der Waals surface area (Å²) in [5.41, 5.74) is 3.32. The summed E-state index contributed by atoms with van der Waals surface area (Å²) < 4.78 is 0. The number of carbonyl (C=O) groups excluding carboxylic acids is 2. The van der Waals surface area contributed by atoms with Crippen molar-refractivity contribution in [3.8, 4) is 0 Å². The number of hydrogen-bond donors (Lipinski definition) is 0. The molecular formula is C27H29ClN2O2S. The topological polar surface area (TPSA) is 40.6 Å². The number of fused-ring (bicyclic) bond motifs is 1. The molecule has 0 spiro atoms. The normalized spacial score (nSPS) is 15.8. The summed E-state index contributed by atoms with van der Waals surface area (Å²) in [7, 11) is 0. The summed E-state index contributed by atoms with van der Waals surface area (Å²) in [6.07, 6.45) is 0.828. The minimum Gasteiger partial charge on any atom is -0.330 e. The van der Waals surface area contributed by atoms with Crippen molar-refractivity contribution in [3.05, 3.63) is 92.1 Å². The van der Waals surface area contributed by atoms with Crippen molar-refractivity contribution < 1.29 is 9.59 Å². The van der Waals surface area contributed by atoms with E-state index in [2.05, 4.69) is 42.6 Å². The fraction of sp³-hybridized carbons (Fsp3) is 0.333. The Hall–Kier alpha value is -2.63. The molecular weight excluding hydrogens is 452 g/mol. The molecule has 33 heavy (non-hydrogen) atoms. The van der Waals surface area contributed by atoms with E-state index in [1.165, 1.54) is 16.0 Å². The lowest BCUT2D eigenvalue weighted by molar-refractivity contribution is -0.135. The Kier molecular flexibility index (Phi) is 6.64. The minimum atomic E-state index is -0.547. The molecule has 4 nitrogen and oxygen atoms in total. The Morgan fingerprint density at radius 1 is 1.09 bits per heavy atom. The van der Waals surface area contributed by atoms with Crippen molar-refractivity contribution in [1.82, 2.24) is 9.80 Å². The summed E-state index contributed by atoms with van der Waals surface area (Å²) in [4.78, 5) is 32.1.